The average Bonchev–Trinajstić information content (AvgIpc) is 2.96. The molecule has 1 heterocycles. The highest BCUT2D eigenvalue weighted by Gasteiger charge is 2.10. The molecule has 4 rings (SSSR count). The number of rotatable bonds is 2. The molecular weight excluding hydrogens is 324 g/mol. The molecule has 0 aliphatic heterocycles. The lowest BCUT2D eigenvalue weighted by Gasteiger charge is -2.08. The standard InChI is InChI=1S/C20H18N6/c21-19(22)25-20(23)24-13-9-11-14(12-10-13)26-17-7-3-1-5-15(17)16-6-2-4-8-18(16)26/h1-12H,(H6,21,22,23,24,25). The zero-order chi connectivity index (χ0) is 18.1. The van der Waals surface area contributed by atoms with Crippen molar-refractivity contribution in [3.63, 3.8) is 0 Å². The van der Waals surface area contributed by atoms with Crippen LogP contribution in [0.25, 0.3) is 27.5 Å². The van der Waals surface area contributed by atoms with Gasteiger partial charge in [-0.3, -0.25) is 0 Å². The molecule has 0 aliphatic rings. The summed E-state index contributed by atoms with van der Waals surface area (Å²) in [7, 11) is 0. The molecule has 3 aromatic carbocycles. The molecule has 0 spiro atoms. The van der Waals surface area contributed by atoms with Crippen LogP contribution >= 0.6 is 0 Å². The van der Waals surface area contributed by atoms with Crippen molar-refractivity contribution < 1.29 is 0 Å². The molecular formula is C20H18N6. The quantitative estimate of drug-likeness (QED) is 0.385. The van der Waals surface area contributed by atoms with E-state index in [9.17, 15) is 0 Å². The van der Waals surface area contributed by atoms with Crippen LogP contribution < -0.4 is 17.2 Å². The Bertz CT molecular complexity index is 1090. The Kier molecular flexibility index (Phi) is 3.78. The van der Waals surface area contributed by atoms with E-state index in [1.165, 1.54) is 10.8 Å². The minimum atomic E-state index is -0.117. The molecule has 0 bridgehead atoms. The molecule has 128 valence electrons. The first-order chi connectivity index (χ1) is 12.6. The number of aromatic nitrogens is 1. The molecule has 4 aromatic rings. The van der Waals surface area contributed by atoms with E-state index in [2.05, 4.69) is 51.0 Å². The number of fused-ring (bicyclic) bond motifs is 3. The zero-order valence-corrected chi connectivity index (χ0v) is 14.0. The van der Waals surface area contributed by atoms with Crippen molar-refractivity contribution in [3.8, 4) is 5.69 Å². The van der Waals surface area contributed by atoms with Crippen molar-refractivity contribution in [3.05, 3.63) is 72.8 Å². The van der Waals surface area contributed by atoms with E-state index in [1.807, 2.05) is 36.4 Å². The fourth-order valence-electron chi connectivity index (χ4n) is 3.17. The molecule has 6 heteroatoms. The molecule has 0 saturated carbocycles. The number of hydrogen-bond acceptors (Lipinski definition) is 1. The van der Waals surface area contributed by atoms with Crippen molar-refractivity contribution in [1.82, 2.24) is 4.57 Å². The molecule has 0 fully saturated rings. The zero-order valence-electron chi connectivity index (χ0n) is 14.0. The van der Waals surface area contributed by atoms with Crippen molar-refractivity contribution in [1.29, 1.82) is 0 Å². The van der Waals surface area contributed by atoms with Gasteiger partial charge in [0.1, 0.15) is 0 Å². The van der Waals surface area contributed by atoms with Gasteiger partial charge in [-0.25, -0.2) is 4.99 Å². The Morgan fingerprint density at radius 3 is 1.77 bits per heavy atom. The number of hydrogen-bond donors (Lipinski definition) is 3. The molecule has 6 nitrogen and oxygen atoms in total. The fraction of sp³-hybridized carbons (Fsp3) is 0. The average molecular weight is 342 g/mol. The summed E-state index contributed by atoms with van der Waals surface area (Å²) in [6.07, 6.45) is 0. The summed E-state index contributed by atoms with van der Waals surface area (Å²) in [6, 6.07) is 24.5. The van der Waals surface area contributed by atoms with Gasteiger partial charge in [0.05, 0.1) is 16.7 Å². The number of aliphatic imine (C=N–C) groups is 2. The van der Waals surface area contributed by atoms with E-state index in [4.69, 9.17) is 17.2 Å². The molecule has 0 atom stereocenters. The van der Waals surface area contributed by atoms with Gasteiger partial charge in [0.25, 0.3) is 0 Å². The molecule has 0 aliphatic carbocycles. The van der Waals surface area contributed by atoms with Gasteiger partial charge >= 0.3 is 0 Å². The van der Waals surface area contributed by atoms with Crippen molar-refractivity contribution in [2.24, 2.45) is 27.2 Å². The lowest BCUT2D eigenvalue weighted by molar-refractivity contribution is 1.18. The second-order valence-corrected chi connectivity index (χ2v) is 5.89. The second kappa shape index (κ2) is 6.25. The first-order valence-corrected chi connectivity index (χ1v) is 8.16. The highest BCUT2D eigenvalue weighted by molar-refractivity contribution is 6.09. The van der Waals surface area contributed by atoms with E-state index < -0.39 is 0 Å². The van der Waals surface area contributed by atoms with E-state index in [-0.39, 0.29) is 11.9 Å². The number of nitrogens with two attached hydrogens (primary N) is 3. The van der Waals surface area contributed by atoms with Crippen LogP contribution in [0.5, 0.6) is 0 Å². The molecule has 6 N–H and O–H groups in total. The highest BCUT2D eigenvalue weighted by Crippen LogP contribution is 2.32. The maximum Gasteiger partial charge on any atom is 0.223 e. The van der Waals surface area contributed by atoms with Gasteiger partial charge in [-0.2, -0.15) is 4.99 Å². The Morgan fingerprint density at radius 2 is 1.23 bits per heavy atom. The van der Waals surface area contributed by atoms with Crippen LogP contribution in [0.3, 0.4) is 0 Å². The molecule has 0 radical (unpaired) electrons. The van der Waals surface area contributed by atoms with Crippen LogP contribution in [-0.4, -0.2) is 16.5 Å². The van der Waals surface area contributed by atoms with Crippen LogP contribution in [0.4, 0.5) is 5.69 Å². The van der Waals surface area contributed by atoms with Crippen LogP contribution in [0.2, 0.25) is 0 Å². The maximum atomic E-state index is 5.69. The highest BCUT2D eigenvalue weighted by atomic mass is 15.1. The van der Waals surface area contributed by atoms with Crippen LogP contribution in [0, 0.1) is 0 Å². The summed E-state index contributed by atoms with van der Waals surface area (Å²) in [5.74, 6) is -0.0947. The minimum Gasteiger partial charge on any atom is -0.370 e. The summed E-state index contributed by atoms with van der Waals surface area (Å²) in [5, 5.41) is 2.45. The van der Waals surface area contributed by atoms with Crippen LogP contribution in [-0.2, 0) is 0 Å². The van der Waals surface area contributed by atoms with Gasteiger partial charge in [-0.05, 0) is 36.4 Å². The molecule has 0 unspecified atom stereocenters. The summed E-state index contributed by atoms with van der Waals surface area (Å²) in [4.78, 5) is 7.91. The van der Waals surface area contributed by atoms with Gasteiger partial charge in [0.15, 0.2) is 5.96 Å². The summed E-state index contributed by atoms with van der Waals surface area (Å²) >= 11 is 0. The van der Waals surface area contributed by atoms with Gasteiger partial charge < -0.3 is 21.8 Å². The number of para-hydroxylation sites is 2. The van der Waals surface area contributed by atoms with Gasteiger partial charge in [0, 0.05) is 16.5 Å². The van der Waals surface area contributed by atoms with E-state index in [0.717, 1.165) is 16.7 Å². The molecule has 0 saturated heterocycles. The van der Waals surface area contributed by atoms with Gasteiger partial charge in [-0.1, -0.05) is 36.4 Å². The Labute approximate surface area is 150 Å². The van der Waals surface area contributed by atoms with Gasteiger partial charge in [0.2, 0.25) is 5.96 Å². The van der Waals surface area contributed by atoms with E-state index in [1.54, 1.807) is 0 Å². The number of nitrogens with zero attached hydrogens (tertiary/aromatic N) is 3. The molecule has 0 amide bonds. The third-order valence-corrected chi connectivity index (χ3v) is 4.18. The first kappa shape index (κ1) is 15.7. The first-order valence-electron chi connectivity index (χ1n) is 8.16. The fourth-order valence-corrected chi connectivity index (χ4v) is 3.17. The second-order valence-electron chi connectivity index (χ2n) is 5.89. The number of benzene rings is 3. The third kappa shape index (κ3) is 2.73. The summed E-state index contributed by atoms with van der Waals surface area (Å²) < 4.78 is 2.23. The predicted molar refractivity (Wildman–Crippen MR) is 108 cm³/mol. The maximum absolute atomic E-state index is 5.69. The van der Waals surface area contributed by atoms with E-state index >= 15 is 0 Å². The Hall–Kier alpha value is -3.80. The third-order valence-electron chi connectivity index (χ3n) is 4.18. The monoisotopic (exact) mass is 342 g/mol. The summed E-state index contributed by atoms with van der Waals surface area (Å²) in [6.45, 7) is 0. The van der Waals surface area contributed by atoms with Gasteiger partial charge in [-0.15, -0.1) is 0 Å². The molecule has 1 aromatic heterocycles. The van der Waals surface area contributed by atoms with Crippen molar-refractivity contribution in [2.75, 3.05) is 0 Å². The molecule has 26 heavy (non-hydrogen) atoms. The van der Waals surface area contributed by atoms with Crippen molar-refractivity contribution in [2.45, 2.75) is 0 Å². The lowest BCUT2D eigenvalue weighted by Crippen LogP contribution is -2.26. The lowest BCUT2D eigenvalue weighted by atomic mass is 10.2. The normalized spacial score (nSPS) is 11.8. The topological polar surface area (TPSA) is 108 Å². The van der Waals surface area contributed by atoms with Crippen molar-refractivity contribution >= 4 is 39.4 Å². The van der Waals surface area contributed by atoms with E-state index in [0.29, 0.717) is 5.69 Å². The number of guanidine groups is 2. The minimum absolute atomic E-state index is 0.0228. The van der Waals surface area contributed by atoms with Crippen LogP contribution in [0.1, 0.15) is 0 Å². The smallest absolute Gasteiger partial charge is 0.223 e. The predicted octanol–water partition coefficient (Wildman–Crippen LogP) is 3.00. The summed E-state index contributed by atoms with van der Waals surface area (Å²) in [5.41, 5.74) is 20.3. The van der Waals surface area contributed by atoms with Crippen LogP contribution in [0.15, 0.2) is 82.8 Å². The Balaban J connectivity index is 1.84. The SMILES string of the molecule is NC(N)=NC(N)=Nc1ccc(-n2c3ccccc3c3ccccc32)cc1. The Morgan fingerprint density at radius 1 is 0.692 bits per heavy atom. The largest absolute Gasteiger partial charge is 0.370 e.